The minimum absolute atomic E-state index is 0.0969. The van der Waals surface area contributed by atoms with Crippen LogP contribution in [0, 0.1) is 5.82 Å². The van der Waals surface area contributed by atoms with Crippen molar-refractivity contribution in [1.29, 1.82) is 0 Å². The second-order valence-corrected chi connectivity index (χ2v) is 6.64. The largest absolute Gasteiger partial charge is 0.366 e. The molecule has 4 nitrogen and oxygen atoms in total. The van der Waals surface area contributed by atoms with Gasteiger partial charge in [0.05, 0.1) is 5.69 Å². The molecule has 1 N–H and O–H groups in total. The van der Waals surface area contributed by atoms with E-state index in [-0.39, 0.29) is 11.7 Å². The number of hydrogen-bond acceptors (Lipinski definition) is 3. The van der Waals surface area contributed by atoms with Crippen molar-refractivity contribution in [3.05, 3.63) is 29.6 Å². The van der Waals surface area contributed by atoms with Crippen LogP contribution in [0.25, 0.3) is 0 Å². The van der Waals surface area contributed by atoms with Gasteiger partial charge in [0.2, 0.25) is 5.91 Å². The SMILES string of the molecule is CC(=O)N1CCN(c2cc(CNC3CCCC3)ccc2F)CC1. The highest BCUT2D eigenvalue weighted by atomic mass is 19.1. The summed E-state index contributed by atoms with van der Waals surface area (Å²) >= 11 is 0. The molecule has 1 aromatic carbocycles. The van der Waals surface area contributed by atoms with E-state index in [9.17, 15) is 9.18 Å². The molecule has 5 heteroatoms. The number of nitrogens with zero attached hydrogens (tertiary/aromatic N) is 2. The van der Waals surface area contributed by atoms with E-state index in [1.165, 1.54) is 25.7 Å². The van der Waals surface area contributed by atoms with E-state index >= 15 is 0 Å². The Morgan fingerprint density at radius 3 is 2.57 bits per heavy atom. The molecule has 1 amide bonds. The number of carbonyl (C=O) groups is 1. The molecule has 0 aromatic heterocycles. The molecule has 1 saturated carbocycles. The summed E-state index contributed by atoms with van der Waals surface area (Å²) in [5.41, 5.74) is 1.79. The highest BCUT2D eigenvalue weighted by Crippen LogP contribution is 2.23. The molecule has 23 heavy (non-hydrogen) atoms. The first-order valence-corrected chi connectivity index (χ1v) is 8.66. The predicted octanol–water partition coefficient (Wildman–Crippen LogP) is 2.53. The third-order valence-corrected chi connectivity index (χ3v) is 5.03. The van der Waals surface area contributed by atoms with Gasteiger partial charge < -0.3 is 15.1 Å². The lowest BCUT2D eigenvalue weighted by Gasteiger charge is -2.36. The van der Waals surface area contributed by atoms with Gasteiger partial charge in [0, 0.05) is 45.7 Å². The van der Waals surface area contributed by atoms with Gasteiger partial charge in [0.25, 0.3) is 0 Å². The molecule has 1 heterocycles. The summed E-state index contributed by atoms with van der Waals surface area (Å²) in [7, 11) is 0. The second-order valence-electron chi connectivity index (χ2n) is 6.64. The second kappa shape index (κ2) is 7.30. The Morgan fingerprint density at radius 1 is 1.22 bits per heavy atom. The van der Waals surface area contributed by atoms with Crippen molar-refractivity contribution in [3.8, 4) is 0 Å². The van der Waals surface area contributed by atoms with Gasteiger partial charge >= 0.3 is 0 Å². The number of carbonyl (C=O) groups excluding carboxylic acids is 1. The van der Waals surface area contributed by atoms with Gasteiger partial charge in [-0.15, -0.1) is 0 Å². The smallest absolute Gasteiger partial charge is 0.219 e. The van der Waals surface area contributed by atoms with Gasteiger partial charge in [-0.3, -0.25) is 4.79 Å². The molecule has 1 aliphatic heterocycles. The van der Waals surface area contributed by atoms with Crippen molar-refractivity contribution in [3.63, 3.8) is 0 Å². The van der Waals surface area contributed by atoms with Gasteiger partial charge in [0.1, 0.15) is 5.82 Å². The lowest BCUT2D eigenvalue weighted by molar-refractivity contribution is -0.129. The van der Waals surface area contributed by atoms with Crippen LogP contribution in [0.2, 0.25) is 0 Å². The lowest BCUT2D eigenvalue weighted by Crippen LogP contribution is -2.48. The first kappa shape index (κ1) is 16.2. The monoisotopic (exact) mass is 319 g/mol. The number of halogens is 1. The van der Waals surface area contributed by atoms with E-state index in [0.717, 1.165) is 12.1 Å². The molecule has 126 valence electrons. The average molecular weight is 319 g/mol. The molecule has 1 aliphatic carbocycles. The fourth-order valence-corrected chi connectivity index (χ4v) is 3.56. The summed E-state index contributed by atoms with van der Waals surface area (Å²) in [5, 5.41) is 3.58. The highest BCUT2D eigenvalue weighted by Gasteiger charge is 2.21. The van der Waals surface area contributed by atoms with E-state index in [1.54, 1.807) is 13.0 Å². The fraction of sp³-hybridized carbons (Fsp3) is 0.611. The van der Waals surface area contributed by atoms with Gasteiger partial charge in [-0.25, -0.2) is 4.39 Å². The number of anilines is 1. The van der Waals surface area contributed by atoms with Crippen molar-refractivity contribution >= 4 is 11.6 Å². The Hall–Kier alpha value is -1.62. The minimum Gasteiger partial charge on any atom is -0.366 e. The average Bonchev–Trinajstić information content (AvgIpc) is 3.08. The van der Waals surface area contributed by atoms with Gasteiger partial charge in [-0.1, -0.05) is 18.9 Å². The standard InChI is InChI=1S/C18H26FN3O/c1-14(23)21-8-10-22(11-9-21)18-12-15(6-7-17(18)19)13-20-16-4-2-3-5-16/h6-7,12,16,20H,2-5,8-11,13H2,1H3. The van der Waals surface area contributed by atoms with Crippen LogP contribution in [0.4, 0.5) is 10.1 Å². The number of piperazine rings is 1. The van der Waals surface area contributed by atoms with Crippen molar-refractivity contribution in [1.82, 2.24) is 10.2 Å². The third-order valence-electron chi connectivity index (χ3n) is 5.03. The van der Waals surface area contributed by atoms with Crippen LogP contribution >= 0.6 is 0 Å². The Labute approximate surface area is 137 Å². The topological polar surface area (TPSA) is 35.6 Å². The van der Waals surface area contributed by atoms with Crippen molar-refractivity contribution in [2.75, 3.05) is 31.1 Å². The first-order chi connectivity index (χ1) is 11.1. The molecular weight excluding hydrogens is 293 g/mol. The Balaban J connectivity index is 1.62. The van der Waals surface area contributed by atoms with Gasteiger partial charge in [-0.05, 0) is 30.5 Å². The zero-order valence-electron chi connectivity index (χ0n) is 13.9. The predicted molar refractivity (Wildman–Crippen MR) is 90.0 cm³/mol. The van der Waals surface area contributed by atoms with E-state index in [4.69, 9.17) is 0 Å². The van der Waals surface area contributed by atoms with Crippen LogP contribution < -0.4 is 10.2 Å². The Bertz CT molecular complexity index is 549. The zero-order valence-corrected chi connectivity index (χ0v) is 13.9. The molecule has 3 rings (SSSR count). The maximum atomic E-state index is 14.2. The maximum absolute atomic E-state index is 14.2. The molecule has 0 bridgehead atoms. The van der Waals surface area contributed by atoms with E-state index < -0.39 is 0 Å². The molecule has 1 aromatic rings. The number of hydrogen-bond donors (Lipinski definition) is 1. The van der Waals surface area contributed by atoms with Crippen LogP contribution in [0.5, 0.6) is 0 Å². The van der Waals surface area contributed by atoms with E-state index in [1.807, 2.05) is 21.9 Å². The normalized spacial score (nSPS) is 19.4. The summed E-state index contributed by atoms with van der Waals surface area (Å²) < 4.78 is 14.2. The highest BCUT2D eigenvalue weighted by molar-refractivity contribution is 5.73. The number of nitrogens with one attached hydrogen (secondary N) is 1. The summed E-state index contributed by atoms with van der Waals surface area (Å²) in [4.78, 5) is 15.3. The van der Waals surface area contributed by atoms with Gasteiger partial charge in [-0.2, -0.15) is 0 Å². The van der Waals surface area contributed by atoms with Crippen molar-refractivity contribution in [2.24, 2.45) is 0 Å². The quantitative estimate of drug-likeness (QED) is 0.926. The van der Waals surface area contributed by atoms with Crippen LogP contribution in [0.15, 0.2) is 18.2 Å². The van der Waals surface area contributed by atoms with Crippen LogP contribution in [0.3, 0.4) is 0 Å². The Kier molecular flexibility index (Phi) is 5.16. The van der Waals surface area contributed by atoms with Crippen LogP contribution in [-0.2, 0) is 11.3 Å². The van der Waals surface area contributed by atoms with Crippen LogP contribution in [0.1, 0.15) is 38.2 Å². The van der Waals surface area contributed by atoms with Gasteiger partial charge in [0.15, 0.2) is 0 Å². The summed E-state index contributed by atoms with van der Waals surface area (Å²) in [5.74, 6) is -0.0782. The van der Waals surface area contributed by atoms with Crippen molar-refractivity contribution in [2.45, 2.75) is 45.2 Å². The molecule has 0 atom stereocenters. The first-order valence-electron chi connectivity index (χ1n) is 8.66. The summed E-state index contributed by atoms with van der Waals surface area (Å²) in [6.07, 6.45) is 5.13. The number of benzene rings is 1. The molecular formula is C18H26FN3O. The molecule has 1 saturated heterocycles. The summed E-state index contributed by atoms with van der Waals surface area (Å²) in [6, 6.07) is 6.01. The van der Waals surface area contributed by atoms with Crippen LogP contribution in [-0.4, -0.2) is 43.0 Å². The van der Waals surface area contributed by atoms with E-state index in [2.05, 4.69) is 5.32 Å². The fourth-order valence-electron chi connectivity index (χ4n) is 3.56. The molecule has 0 spiro atoms. The molecule has 0 unspecified atom stereocenters. The molecule has 2 fully saturated rings. The Morgan fingerprint density at radius 2 is 1.91 bits per heavy atom. The van der Waals surface area contributed by atoms with E-state index in [0.29, 0.717) is 37.9 Å². The maximum Gasteiger partial charge on any atom is 0.219 e. The van der Waals surface area contributed by atoms with Crippen molar-refractivity contribution < 1.29 is 9.18 Å². The summed E-state index contributed by atoms with van der Waals surface area (Å²) in [6.45, 7) is 5.10. The third kappa shape index (κ3) is 4.02. The lowest BCUT2D eigenvalue weighted by atomic mass is 10.1. The number of amides is 1. The number of rotatable bonds is 4. The zero-order chi connectivity index (χ0) is 16.2. The minimum atomic E-state index is -0.175. The molecule has 0 radical (unpaired) electrons. The molecule has 2 aliphatic rings.